The van der Waals surface area contributed by atoms with E-state index in [1.165, 1.54) is 0 Å². The number of anilines is 1. The minimum absolute atomic E-state index is 0.00945. The molecule has 0 fully saturated rings. The first-order chi connectivity index (χ1) is 11.4. The lowest BCUT2D eigenvalue weighted by Crippen LogP contribution is -2.35. The molecule has 1 N–H and O–H groups in total. The van der Waals surface area contributed by atoms with Gasteiger partial charge in [-0.1, -0.05) is 25.1 Å². The standard InChI is InChI=1S/C18H20N2O3S/c1-3-19-24(22,23)16-9-10-17-15(12-16)11-13(2)20(17)18(21)14-7-5-4-6-8-14/h4-10,12-13,19H,3,11H2,1-2H3/t13-/m1/s1. The Morgan fingerprint density at radius 2 is 1.92 bits per heavy atom. The normalized spacial score (nSPS) is 16.9. The number of benzene rings is 2. The van der Waals surface area contributed by atoms with E-state index < -0.39 is 10.0 Å². The molecule has 0 bridgehead atoms. The summed E-state index contributed by atoms with van der Waals surface area (Å²) in [5.74, 6) is -0.0656. The first kappa shape index (κ1) is 16.7. The molecule has 1 atom stereocenters. The fourth-order valence-electron chi connectivity index (χ4n) is 3.08. The summed E-state index contributed by atoms with van der Waals surface area (Å²) in [5, 5.41) is 0. The Kier molecular flexibility index (Phi) is 4.43. The van der Waals surface area contributed by atoms with Crippen LogP contribution in [0.2, 0.25) is 0 Å². The summed E-state index contributed by atoms with van der Waals surface area (Å²) in [7, 11) is -3.49. The van der Waals surface area contributed by atoms with Gasteiger partial charge in [0.15, 0.2) is 0 Å². The van der Waals surface area contributed by atoms with Crippen LogP contribution in [0.25, 0.3) is 0 Å². The van der Waals surface area contributed by atoms with Crippen molar-refractivity contribution < 1.29 is 13.2 Å². The molecule has 5 nitrogen and oxygen atoms in total. The van der Waals surface area contributed by atoms with Crippen LogP contribution in [0.1, 0.15) is 29.8 Å². The van der Waals surface area contributed by atoms with Gasteiger partial charge in [0.1, 0.15) is 0 Å². The Balaban J connectivity index is 1.97. The molecule has 3 rings (SSSR count). The smallest absolute Gasteiger partial charge is 0.258 e. The first-order valence-electron chi connectivity index (χ1n) is 7.95. The van der Waals surface area contributed by atoms with Crippen molar-refractivity contribution in [3.63, 3.8) is 0 Å². The van der Waals surface area contributed by atoms with Crippen LogP contribution >= 0.6 is 0 Å². The number of hydrogen-bond acceptors (Lipinski definition) is 3. The largest absolute Gasteiger partial charge is 0.305 e. The number of sulfonamides is 1. The van der Waals surface area contributed by atoms with Crippen LogP contribution in [-0.2, 0) is 16.4 Å². The summed E-state index contributed by atoms with van der Waals surface area (Å²) >= 11 is 0. The molecule has 1 aliphatic rings. The summed E-state index contributed by atoms with van der Waals surface area (Å²) in [5.41, 5.74) is 2.29. The third kappa shape index (κ3) is 2.95. The molecule has 1 amide bonds. The van der Waals surface area contributed by atoms with Crippen LogP contribution in [0.15, 0.2) is 53.4 Å². The molecule has 1 heterocycles. The minimum Gasteiger partial charge on any atom is -0.305 e. The van der Waals surface area contributed by atoms with Gasteiger partial charge in [0.2, 0.25) is 10.0 Å². The van der Waals surface area contributed by atoms with Crippen LogP contribution in [0.3, 0.4) is 0 Å². The Hall–Kier alpha value is -2.18. The molecular formula is C18H20N2O3S. The van der Waals surface area contributed by atoms with Crippen molar-refractivity contribution in [2.24, 2.45) is 0 Å². The zero-order valence-electron chi connectivity index (χ0n) is 13.7. The highest BCUT2D eigenvalue weighted by Gasteiger charge is 2.32. The van der Waals surface area contributed by atoms with Crippen molar-refractivity contribution in [1.29, 1.82) is 0 Å². The number of amides is 1. The van der Waals surface area contributed by atoms with E-state index in [1.54, 1.807) is 42.2 Å². The lowest BCUT2D eigenvalue weighted by atomic mass is 10.1. The predicted molar refractivity (Wildman–Crippen MR) is 93.7 cm³/mol. The van der Waals surface area contributed by atoms with Gasteiger partial charge >= 0.3 is 0 Å². The zero-order chi connectivity index (χ0) is 17.3. The minimum atomic E-state index is -3.49. The van der Waals surface area contributed by atoms with E-state index >= 15 is 0 Å². The molecule has 0 saturated heterocycles. The average molecular weight is 344 g/mol. The Morgan fingerprint density at radius 3 is 2.58 bits per heavy atom. The third-order valence-corrected chi connectivity index (χ3v) is 5.69. The second-order valence-corrected chi connectivity index (χ2v) is 7.65. The topological polar surface area (TPSA) is 66.5 Å². The SMILES string of the molecule is CCNS(=O)(=O)c1ccc2c(c1)C[C@@H](C)N2C(=O)c1ccccc1. The van der Waals surface area contributed by atoms with Crippen molar-refractivity contribution >= 4 is 21.6 Å². The van der Waals surface area contributed by atoms with E-state index in [4.69, 9.17) is 0 Å². The number of nitrogens with one attached hydrogen (secondary N) is 1. The van der Waals surface area contributed by atoms with Gasteiger partial charge in [-0.3, -0.25) is 4.79 Å². The lowest BCUT2D eigenvalue weighted by molar-refractivity contribution is 0.0981. The second kappa shape index (κ2) is 6.37. The molecule has 2 aromatic carbocycles. The van der Waals surface area contributed by atoms with Crippen molar-refractivity contribution in [3.8, 4) is 0 Å². The molecular weight excluding hydrogens is 324 g/mol. The van der Waals surface area contributed by atoms with E-state index in [9.17, 15) is 13.2 Å². The molecule has 0 saturated carbocycles. The van der Waals surface area contributed by atoms with Gasteiger partial charge in [0.25, 0.3) is 5.91 Å². The Morgan fingerprint density at radius 1 is 1.21 bits per heavy atom. The number of carbonyl (C=O) groups excluding carboxylic acids is 1. The van der Waals surface area contributed by atoms with Gasteiger partial charge in [-0.2, -0.15) is 0 Å². The fraction of sp³-hybridized carbons (Fsp3) is 0.278. The highest BCUT2D eigenvalue weighted by molar-refractivity contribution is 7.89. The fourth-order valence-corrected chi connectivity index (χ4v) is 4.17. The van der Waals surface area contributed by atoms with Gasteiger partial charge in [-0.25, -0.2) is 13.1 Å². The maximum atomic E-state index is 12.8. The molecule has 2 aromatic rings. The first-order valence-corrected chi connectivity index (χ1v) is 9.43. The number of hydrogen-bond donors (Lipinski definition) is 1. The van der Waals surface area contributed by atoms with E-state index in [2.05, 4.69) is 4.72 Å². The lowest BCUT2D eigenvalue weighted by Gasteiger charge is -2.23. The third-order valence-electron chi connectivity index (χ3n) is 4.15. The molecule has 1 aliphatic heterocycles. The number of carbonyl (C=O) groups is 1. The molecule has 126 valence electrons. The molecule has 0 spiro atoms. The highest BCUT2D eigenvalue weighted by Crippen LogP contribution is 2.34. The van der Waals surface area contributed by atoms with Gasteiger partial charge < -0.3 is 4.90 Å². The van der Waals surface area contributed by atoms with Gasteiger partial charge in [0, 0.05) is 23.8 Å². The number of rotatable bonds is 4. The molecule has 6 heteroatoms. The predicted octanol–water partition coefficient (Wildman–Crippen LogP) is 2.58. The summed E-state index contributed by atoms with van der Waals surface area (Å²) in [6.45, 7) is 4.06. The summed E-state index contributed by atoms with van der Waals surface area (Å²) < 4.78 is 26.8. The van der Waals surface area contributed by atoms with Crippen molar-refractivity contribution in [1.82, 2.24) is 4.72 Å². The average Bonchev–Trinajstić information content (AvgIpc) is 2.90. The molecule has 0 unspecified atom stereocenters. The highest BCUT2D eigenvalue weighted by atomic mass is 32.2. The second-order valence-electron chi connectivity index (χ2n) is 5.89. The van der Waals surface area contributed by atoms with Crippen molar-refractivity contribution in [2.75, 3.05) is 11.4 Å². The monoisotopic (exact) mass is 344 g/mol. The molecule has 24 heavy (non-hydrogen) atoms. The van der Waals surface area contributed by atoms with Gasteiger partial charge in [0.05, 0.1) is 4.90 Å². The maximum absolute atomic E-state index is 12.8. The van der Waals surface area contributed by atoms with E-state index in [0.29, 0.717) is 18.5 Å². The van der Waals surface area contributed by atoms with E-state index in [-0.39, 0.29) is 16.8 Å². The quantitative estimate of drug-likeness (QED) is 0.927. The molecule has 0 aliphatic carbocycles. The van der Waals surface area contributed by atoms with Gasteiger partial charge in [-0.15, -0.1) is 0 Å². The van der Waals surface area contributed by atoms with Crippen LogP contribution in [0.4, 0.5) is 5.69 Å². The van der Waals surface area contributed by atoms with Crippen LogP contribution in [-0.4, -0.2) is 26.9 Å². The van der Waals surface area contributed by atoms with Gasteiger partial charge in [-0.05, 0) is 49.2 Å². The Bertz CT molecular complexity index is 863. The van der Waals surface area contributed by atoms with Crippen LogP contribution in [0.5, 0.6) is 0 Å². The van der Waals surface area contributed by atoms with E-state index in [1.807, 2.05) is 25.1 Å². The molecule has 0 radical (unpaired) electrons. The zero-order valence-corrected chi connectivity index (χ0v) is 14.5. The number of fused-ring (bicyclic) bond motifs is 1. The Labute approximate surface area is 142 Å². The van der Waals surface area contributed by atoms with Crippen molar-refractivity contribution in [3.05, 3.63) is 59.7 Å². The summed E-state index contributed by atoms with van der Waals surface area (Å²) in [6.07, 6.45) is 0.642. The molecule has 0 aromatic heterocycles. The van der Waals surface area contributed by atoms with E-state index in [0.717, 1.165) is 11.3 Å². The van der Waals surface area contributed by atoms with Crippen LogP contribution in [0, 0.1) is 0 Å². The van der Waals surface area contributed by atoms with Crippen molar-refractivity contribution in [2.45, 2.75) is 31.2 Å². The summed E-state index contributed by atoms with van der Waals surface area (Å²) in [4.78, 5) is 14.8. The maximum Gasteiger partial charge on any atom is 0.258 e. The number of nitrogens with zero attached hydrogens (tertiary/aromatic N) is 1. The van der Waals surface area contributed by atoms with Crippen LogP contribution < -0.4 is 9.62 Å². The summed E-state index contributed by atoms with van der Waals surface area (Å²) in [6, 6.07) is 14.1.